The number of nitrogens with one attached hydrogen (secondary N) is 1. The van der Waals surface area contributed by atoms with E-state index in [-0.39, 0.29) is 0 Å². The smallest absolute Gasteiger partial charge is 0.181 e. The molecule has 0 aromatic carbocycles. The van der Waals surface area contributed by atoms with Crippen LogP contribution in [0.25, 0.3) is 22.5 Å². The Labute approximate surface area is 179 Å². The van der Waals surface area contributed by atoms with Crippen molar-refractivity contribution >= 4 is 33.6 Å². The maximum atomic E-state index is 4.98. The van der Waals surface area contributed by atoms with E-state index >= 15 is 0 Å². The van der Waals surface area contributed by atoms with Crippen LogP contribution in [0.15, 0.2) is 36.9 Å². The highest BCUT2D eigenvalue weighted by Crippen LogP contribution is 2.32. The lowest BCUT2D eigenvalue weighted by atomic mass is 9.97. The zero-order valence-corrected chi connectivity index (χ0v) is 18.3. The number of anilines is 2. The van der Waals surface area contributed by atoms with Crippen molar-refractivity contribution in [2.75, 3.05) is 5.32 Å². The maximum Gasteiger partial charge on any atom is 0.181 e. The first-order chi connectivity index (χ1) is 14.6. The molecule has 1 aliphatic carbocycles. The van der Waals surface area contributed by atoms with Gasteiger partial charge in [-0.15, -0.1) is 0 Å². The minimum atomic E-state index is 0.395. The summed E-state index contributed by atoms with van der Waals surface area (Å²) >= 11 is 1.46. The average molecular weight is 420 g/mol. The number of rotatable bonds is 5. The van der Waals surface area contributed by atoms with Crippen molar-refractivity contribution in [3.63, 3.8) is 0 Å². The first kappa shape index (κ1) is 19.0. The van der Waals surface area contributed by atoms with Crippen molar-refractivity contribution in [3.8, 4) is 11.3 Å². The zero-order chi connectivity index (χ0) is 20.7. The molecular formula is C22H25N7S. The third-order valence-electron chi connectivity index (χ3n) is 5.47. The molecule has 154 valence electrons. The van der Waals surface area contributed by atoms with E-state index in [1.54, 1.807) is 0 Å². The molecule has 0 spiro atoms. The van der Waals surface area contributed by atoms with Crippen molar-refractivity contribution in [1.82, 2.24) is 28.5 Å². The molecule has 30 heavy (non-hydrogen) atoms. The van der Waals surface area contributed by atoms with Gasteiger partial charge < -0.3 is 5.32 Å². The normalized spacial score (nSPS) is 14.5. The van der Waals surface area contributed by atoms with Crippen LogP contribution in [-0.4, -0.2) is 28.5 Å². The molecule has 8 heteroatoms. The van der Waals surface area contributed by atoms with Crippen LogP contribution in [0.2, 0.25) is 0 Å². The average Bonchev–Trinajstić information content (AvgIpc) is 3.48. The molecule has 0 radical (unpaired) electrons. The Kier molecular flexibility index (Phi) is 4.86. The maximum absolute atomic E-state index is 4.98. The molecule has 0 saturated heterocycles. The summed E-state index contributed by atoms with van der Waals surface area (Å²) in [5.41, 5.74) is 6.24. The number of hydrogen-bond acceptors (Lipinski definition) is 6. The van der Waals surface area contributed by atoms with E-state index in [9.17, 15) is 0 Å². The standard InChI is InChI=1S/C22H25N7S/c1-14(2)17-9-20(30-27-17)26-21-22-23-11-19(16-10-24-28(3)12-16)29(22)13-18(25-21)15-7-5-4-6-8-15/h7,9-14H,4-6,8H2,1-3H3,(H,25,26). The first-order valence-electron chi connectivity index (χ1n) is 10.4. The number of allylic oxidation sites excluding steroid dienone is 2. The summed E-state index contributed by atoms with van der Waals surface area (Å²) in [5.74, 6) is 1.15. The van der Waals surface area contributed by atoms with Gasteiger partial charge in [0.15, 0.2) is 11.5 Å². The lowest BCUT2D eigenvalue weighted by Gasteiger charge is -2.15. The summed E-state index contributed by atoms with van der Waals surface area (Å²) in [6.07, 6.45) is 14.8. The molecule has 4 aromatic rings. The van der Waals surface area contributed by atoms with E-state index in [0.717, 1.165) is 52.0 Å². The fourth-order valence-corrected chi connectivity index (χ4v) is 4.58. The molecule has 7 nitrogen and oxygen atoms in total. The van der Waals surface area contributed by atoms with Crippen LogP contribution in [0.5, 0.6) is 0 Å². The molecule has 0 fully saturated rings. The number of aryl methyl sites for hydroxylation is 1. The van der Waals surface area contributed by atoms with Gasteiger partial charge in [-0.1, -0.05) is 19.9 Å². The molecule has 1 N–H and O–H groups in total. The third kappa shape index (κ3) is 3.52. The molecule has 4 heterocycles. The monoisotopic (exact) mass is 419 g/mol. The third-order valence-corrected chi connectivity index (χ3v) is 6.19. The minimum absolute atomic E-state index is 0.395. The van der Waals surface area contributed by atoms with E-state index in [0.29, 0.717) is 5.92 Å². The lowest BCUT2D eigenvalue weighted by molar-refractivity contribution is 0.739. The summed E-state index contributed by atoms with van der Waals surface area (Å²) in [4.78, 5) is 9.68. The van der Waals surface area contributed by atoms with Crippen molar-refractivity contribution in [3.05, 3.63) is 48.3 Å². The second kappa shape index (κ2) is 7.68. The zero-order valence-electron chi connectivity index (χ0n) is 17.5. The number of fused-ring (bicyclic) bond motifs is 1. The second-order valence-electron chi connectivity index (χ2n) is 8.09. The van der Waals surface area contributed by atoms with Crippen LogP contribution in [-0.2, 0) is 7.05 Å². The molecule has 0 aliphatic heterocycles. The van der Waals surface area contributed by atoms with Crippen LogP contribution in [0, 0.1) is 0 Å². The number of nitrogens with zero attached hydrogens (tertiary/aromatic N) is 6. The molecule has 0 unspecified atom stereocenters. The van der Waals surface area contributed by atoms with E-state index in [4.69, 9.17) is 9.97 Å². The van der Waals surface area contributed by atoms with Crippen molar-refractivity contribution < 1.29 is 0 Å². The quantitative estimate of drug-likeness (QED) is 0.468. The van der Waals surface area contributed by atoms with Crippen molar-refractivity contribution in [2.45, 2.75) is 45.4 Å². The number of aromatic nitrogens is 6. The highest BCUT2D eigenvalue weighted by atomic mass is 32.1. The fraction of sp³-hybridized carbons (Fsp3) is 0.364. The van der Waals surface area contributed by atoms with Gasteiger partial charge in [0.05, 0.1) is 29.5 Å². The van der Waals surface area contributed by atoms with Crippen LogP contribution in [0.3, 0.4) is 0 Å². The SMILES string of the molecule is CC(C)c1cc(Nc2nc(C3=CCCCC3)cn3c(-c4cnn(C)c4)cnc23)sn1. The summed E-state index contributed by atoms with van der Waals surface area (Å²) in [7, 11) is 1.93. The van der Waals surface area contributed by atoms with E-state index in [1.807, 2.05) is 30.3 Å². The van der Waals surface area contributed by atoms with Gasteiger partial charge in [-0.25, -0.2) is 9.97 Å². The second-order valence-corrected chi connectivity index (χ2v) is 8.89. The lowest BCUT2D eigenvalue weighted by Crippen LogP contribution is -2.03. The largest absolute Gasteiger partial charge is 0.328 e. The Morgan fingerprint density at radius 3 is 2.77 bits per heavy atom. The van der Waals surface area contributed by atoms with Gasteiger partial charge >= 0.3 is 0 Å². The van der Waals surface area contributed by atoms with Gasteiger partial charge in [-0.2, -0.15) is 9.47 Å². The van der Waals surface area contributed by atoms with Crippen LogP contribution >= 0.6 is 11.5 Å². The molecule has 4 aromatic heterocycles. The Morgan fingerprint density at radius 2 is 2.07 bits per heavy atom. The van der Waals surface area contributed by atoms with Crippen LogP contribution < -0.4 is 5.32 Å². The Morgan fingerprint density at radius 1 is 1.17 bits per heavy atom. The van der Waals surface area contributed by atoms with Gasteiger partial charge in [-0.05, 0) is 54.8 Å². The van der Waals surface area contributed by atoms with Crippen molar-refractivity contribution in [1.29, 1.82) is 0 Å². The van der Waals surface area contributed by atoms with Gasteiger partial charge in [0, 0.05) is 25.0 Å². The van der Waals surface area contributed by atoms with Gasteiger partial charge in [-0.3, -0.25) is 9.08 Å². The highest BCUT2D eigenvalue weighted by Gasteiger charge is 2.17. The number of hydrogen-bond donors (Lipinski definition) is 1. The van der Waals surface area contributed by atoms with Gasteiger partial charge in [0.25, 0.3) is 0 Å². The Balaban J connectivity index is 1.64. The molecular weight excluding hydrogens is 394 g/mol. The molecule has 5 rings (SSSR count). The summed E-state index contributed by atoms with van der Waals surface area (Å²) in [6, 6.07) is 2.10. The first-order valence-corrected chi connectivity index (χ1v) is 11.2. The summed E-state index contributed by atoms with van der Waals surface area (Å²) < 4.78 is 8.50. The fourth-order valence-electron chi connectivity index (χ4n) is 3.80. The van der Waals surface area contributed by atoms with Crippen molar-refractivity contribution in [2.24, 2.45) is 7.05 Å². The summed E-state index contributed by atoms with van der Waals surface area (Å²) in [5, 5.41) is 8.79. The molecule has 0 saturated carbocycles. The Hall–Kier alpha value is -3.00. The molecule has 1 aliphatic rings. The summed E-state index contributed by atoms with van der Waals surface area (Å²) in [6.45, 7) is 4.31. The molecule has 0 amide bonds. The van der Waals surface area contributed by atoms with Crippen LogP contribution in [0.1, 0.15) is 56.8 Å². The number of imidazole rings is 1. The molecule has 0 bridgehead atoms. The van der Waals surface area contributed by atoms with Crippen LogP contribution in [0.4, 0.5) is 10.8 Å². The Bertz CT molecular complexity index is 1230. The predicted molar refractivity (Wildman–Crippen MR) is 121 cm³/mol. The van der Waals surface area contributed by atoms with E-state index in [2.05, 4.69) is 51.4 Å². The van der Waals surface area contributed by atoms with E-state index in [1.165, 1.54) is 29.9 Å². The highest BCUT2D eigenvalue weighted by molar-refractivity contribution is 7.10. The minimum Gasteiger partial charge on any atom is -0.328 e. The predicted octanol–water partition coefficient (Wildman–Crippen LogP) is 5.41. The topological polar surface area (TPSA) is 72.9 Å². The molecule has 0 atom stereocenters. The van der Waals surface area contributed by atoms with Gasteiger partial charge in [0.2, 0.25) is 0 Å². The van der Waals surface area contributed by atoms with Gasteiger partial charge in [0.1, 0.15) is 5.00 Å². The van der Waals surface area contributed by atoms with E-state index < -0.39 is 0 Å².